The lowest BCUT2D eigenvalue weighted by Crippen LogP contribution is -2.39. The molecule has 5 nitrogen and oxygen atoms in total. The van der Waals surface area contributed by atoms with E-state index in [-0.39, 0.29) is 34.9 Å². The Morgan fingerprint density at radius 3 is 1.76 bits per heavy atom. The molecule has 1 saturated heterocycles. The third kappa shape index (κ3) is 6.76. The third-order valence-electron chi connectivity index (χ3n) is 7.52. The van der Waals surface area contributed by atoms with Crippen molar-refractivity contribution in [3.8, 4) is 5.75 Å². The Morgan fingerprint density at radius 2 is 1.32 bits per heavy atom. The smallest absolute Gasteiger partial charge is 0.319 e. The largest absolute Gasteiger partial charge is 0.497 e. The van der Waals surface area contributed by atoms with Crippen LogP contribution >= 0.6 is 0 Å². The molecular weight excluding hydrogens is 470 g/mol. The van der Waals surface area contributed by atoms with E-state index in [2.05, 4.69) is 106 Å². The zero-order valence-corrected chi connectivity index (χ0v) is 23.9. The molecule has 2 amide bonds. The first-order valence-corrected chi connectivity index (χ1v) is 13.6. The first-order chi connectivity index (χ1) is 17.9. The molecule has 0 saturated carbocycles. The molecule has 4 rings (SSSR count). The second-order valence-corrected chi connectivity index (χ2v) is 12.5. The zero-order valence-electron chi connectivity index (χ0n) is 23.9. The number of hydrogen-bond donors (Lipinski definition) is 3. The number of hydrogen-bond acceptors (Lipinski definition) is 3. The minimum Gasteiger partial charge on any atom is -0.497 e. The van der Waals surface area contributed by atoms with Gasteiger partial charge in [0.1, 0.15) is 5.75 Å². The molecule has 1 unspecified atom stereocenters. The summed E-state index contributed by atoms with van der Waals surface area (Å²) in [5.41, 5.74) is 6.21. The van der Waals surface area contributed by atoms with Crippen LogP contribution in [0.5, 0.6) is 5.75 Å². The van der Waals surface area contributed by atoms with E-state index in [0.29, 0.717) is 0 Å². The summed E-state index contributed by atoms with van der Waals surface area (Å²) >= 11 is 0. The summed E-state index contributed by atoms with van der Waals surface area (Å²) in [4.78, 5) is 12.7. The van der Waals surface area contributed by atoms with Gasteiger partial charge in [0.25, 0.3) is 0 Å². The van der Waals surface area contributed by atoms with Gasteiger partial charge >= 0.3 is 6.03 Å². The van der Waals surface area contributed by atoms with Crippen molar-refractivity contribution in [2.45, 2.75) is 76.8 Å². The van der Waals surface area contributed by atoms with Gasteiger partial charge < -0.3 is 20.7 Å². The lowest BCUT2D eigenvalue weighted by Gasteiger charge is -2.27. The van der Waals surface area contributed by atoms with Crippen LogP contribution in [0.2, 0.25) is 0 Å². The highest BCUT2D eigenvalue weighted by molar-refractivity contribution is 5.89. The standard InChI is InChI=1S/C33H43N3O2/c1-32(2,3)24-12-8-22(9-13-24)30(23-10-14-25(15-11-23)33(4,5)6)29-20-27(21-34-29)36-31(37)35-26-16-18-28(38-7)19-17-26/h8-19,27,29-30,34H,20-21H2,1-7H3,(H2,35,36,37)/t27-,29?/m1/s1. The second-order valence-electron chi connectivity index (χ2n) is 12.5. The van der Waals surface area contributed by atoms with Crippen molar-refractivity contribution in [3.05, 3.63) is 95.1 Å². The van der Waals surface area contributed by atoms with E-state index in [4.69, 9.17) is 4.74 Å². The Bertz CT molecular complexity index is 1150. The number of amides is 2. The maximum Gasteiger partial charge on any atom is 0.319 e. The highest BCUT2D eigenvalue weighted by atomic mass is 16.5. The third-order valence-corrected chi connectivity index (χ3v) is 7.52. The quantitative estimate of drug-likeness (QED) is 0.333. The van der Waals surface area contributed by atoms with E-state index in [9.17, 15) is 4.79 Å². The van der Waals surface area contributed by atoms with Crippen molar-refractivity contribution in [3.63, 3.8) is 0 Å². The number of methoxy groups -OCH3 is 1. The topological polar surface area (TPSA) is 62.4 Å². The van der Waals surface area contributed by atoms with E-state index in [1.165, 1.54) is 22.3 Å². The Morgan fingerprint density at radius 1 is 0.816 bits per heavy atom. The molecule has 0 radical (unpaired) electrons. The average Bonchev–Trinajstić information content (AvgIpc) is 3.32. The van der Waals surface area contributed by atoms with E-state index in [1.54, 1.807) is 7.11 Å². The van der Waals surface area contributed by atoms with Gasteiger partial charge in [-0.1, -0.05) is 90.1 Å². The van der Waals surface area contributed by atoms with Crippen molar-refractivity contribution in [2.24, 2.45) is 0 Å². The molecule has 0 aromatic heterocycles. The molecule has 3 aromatic rings. The van der Waals surface area contributed by atoms with Crippen LogP contribution in [0.3, 0.4) is 0 Å². The van der Waals surface area contributed by atoms with Crippen LogP contribution in [0.4, 0.5) is 10.5 Å². The number of carbonyl (C=O) groups excluding carboxylic acids is 1. The van der Waals surface area contributed by atoms with Gasteiger partial charge in [-0.15, -0.1) is 0 Å². The molecule has 5 heteroatoms. The van der Waals surface area contributed by atoms with Crippen LogP contribution < -0.4 is 20.7 Å². The number of ether oxygens (including phenoxy) is 1. The fraction of sp³-hybridized carbons (Fsp3) is 0.424. The molecule has 38 heavy (non-hydrogen) atoms. The van der Waals surface area contributed by atoms with Crippen molar-refractivity contribution >= 4 is 11.7 Å². The van der Waals surface area contributed by atoms with Gasteiger partial charge in [-0.25, -0.2) is 4.79 Å². The Hall–Kier alpha value is -3.31. The van der Waals surface area contributed by atoms with Gasteiger partial charge in [0.05, 0.1) is 7.11 Å². The molecule has 1 fully saturated rings. The molecule has 3 N–H and O–H groups in total. The minimum absolute atomic E-state index is 0.0449. The van der Waals surface area contributed by atoms with Gasteiger partial charge in [0.15, 0.2) is 0 Å². The number of nitrogens with one attached hydrogen (secondary N) is 3. The number of carbonyl (C=O) groups is 1. The van der Waals surface area contributed by atoms with Crippen LogP contribution in [0.15, 0.2) is 72.8 Å². The van der Waals surface area contributed by atoms with E-state index >= 15 is 0 Å². The van der Waals surface area contributed by atoms with Crippen molar-refractivity contribution in [2.75, 3.05) is 19.0 Å². The molecule has 0 bridgehead atoms. The van der Waals surface area contributed by atoms with Gasteiger partial charge in [-0.2, -0.15) is 0 Å². The number of anilines is 1. The minimum atomic E-state index is -0.191. The van der Waals surface area contributed by atoms with Gasteiger partial charge in [0, 0.05) is 30.2 Å². The van der Waals surface area contributed by atoms with Crippen molar-refractivity contribution in [1.29, 1.82) is 0 Å². The summed E-state index contributed by atoms with van der Waals surface area (Å²) in [5, 5.41) is 9.81. The molecule has 1 heterocycles. The zero-order chi connectivity index (χ0) is 27.5. The number of urea groups is 1. The van der Waals surface area contributed by atoms with Crippen LogP contribution in [0.1, 0.15) is 76.1 Å². The van der Waals surface area contributed by atoms with Gasteiger partial charge in [0.2, 0.25) is 0 Å². The Kier molecular flexibility index (Phi) is 8.17. The summed E-state index contributed by atoms with van der Waals surface area (Å²) in [6.07, 6.45) is 0.850. The predicted molar refractivity (Wildman–Crippen MR) is 157 cm³/mol. The van der Waals surface area contributed by atoms with E-state index in [0.717, 1.165) is 24.4 Å². The predicted octanol–water partition coefficient (Wildman–Crippen LogP) is 6.97. The summed E-state index contributed by atoms with van der Waals surface area (Å²) in [6.45, 7) is 14.2. The van der Waals surface area contributed by atoms with Crippen LogP contribution in [-0.4, -0.2) is 31.8 Å². The first-order valence-electron chi connectivity index (χ1n) is 13.6. The number of benzene rings is 3. The fourth-order valence-electron chi connectivity index (χ4n) is 5.20. The highest BCUT2D eigenvalue weighted by Gasteiger charge is 2.33. The summed E-state index contributed by atoms with van der Waals surface area (Å²) in [5.74, 6) is 0.949. The summed E-state index contributed by atoms with van der Waals surface area (Å²) < 4.78 is 5.20. The fourth-order valence-corrected chi connectivity index (χ4v) is 5.20. The first kappa shape index (κ1) is 27.7. The highest BCUT2D eigenvalue weighted by Crippen LogP contribution is 2.35. The normalized spacial score (nSPS) is 17.9. The monoisotopic (exact) mass is 513 g/mol. The molecule has 2 atom stereocenters. The van der Waals surface area contributed by atoms with E-state index in [1.807, 2.05) is 24.3 Å². The Labute approximate surface area is 228 Å². The van der Waals surface area contributed by atoms with Crippen LogP contribution in [-0.2, 0) is 10.8 Å². The maximum atomic E-state index is 12.7. The van der Waals surface area contributed by atoms with Crippen molar-refractivity contribution < 1.29 is 9.53 Å². The summed E-state index contributed by atoms with van der Waals surface area (Å²) in [7, 11) is 1.63. The van der Waals surface area contributed by atoms with Crippen molar-refractivity contribution in [1.82, 2.24) is 10.6 Å². The molecular formula is C33H43N3O2. The second kappa shape index (κ2) is 11.2. The lowest BCUT2D eigenvalue weighted by molar-refractivity contribution is 0.249. The van der Waals surface area contributed by atoms with Gasteiger partial charge in [-0.3, -0.25) is 0 Å². The summed E-state index contributed by atoms with van der Waals surface area (Å²) in [6, 6.07) is 25.6. The SMILES string of the molecule is COc1ccc(NC(=O)N[C@H]2CNC(C(c3ccc(C(C)(C)C)cc3)c3ccc(C(C)(C)C)cc3)C2)cc1. The molecule has 1 aliphatic rings. The van der Waals surface area contributed by atoms with Gasteiger partial charge in [-0.05, 0) is 63.8 Å². The molecule has 0 aliphatic carbocycles. The lowest BCUT2D eigenvalue weighted by atomic mass is 9.80. The molecule has 1 aliphatic heterocycles. The average molecular weight is 514 g/mol. The molecule has 3 aromatic carbocycles. The van der Waals surface area contributed by atoms with E-state index < -0.39 is 0 Å². The number of rotatable bonds is 6. The maximum absolute atomic E-state index is 12.7. The molecule has 0 spiro atoms. The van der Waals surface area contributed by atoms with Crippen LogP contribution in [0.25, 0.3) is 0 Å². The molecule has 202 valence electrons. The van der Waals surface area contributed by atoms with Crippen LogP contribution in [0, 0.1) is 0 Å². The Balaban J connectivity index is 1.51.